The Morgan fingerprint density at radius 2 is 2.12 bits per heavy atom. The SMILES string of the molecule is O=C1CCCN1CCCSc1nnc(NCc2ccc(F)cc2)s1. The standard InChI is InChI=1S/C16H19FN4OS2/c17-13-6-4-12(5-7-13)11-18-15-19-20-16(24-15)23-10-2-9-21-8-1-3-14(21)22/h4-7H,1-3,8-11H2,(H,18,19). The molecular formula is C16H19FN4OS2. The fourth-order valence-electron chi connectivity index (χ4n) is 2.47. The predicted octanol–water partition coefficient (Wildman–Crippen LogP) is 3.39. The minimum absolute atomic E-state index is 0.232. The summed E-state index contributed by atoms with van der Waals surface area (Å²) in [5, 5.41) is 12.2. The fourth-order valence-corrected chi connectivity index (χ4v) is 4.22. The van der Waals surface area contributed by atoms with Crippen LogP contribution in [0.15, 0.2) is 28.6 Å². The van der Waals surface area contributed by atoms with Gasteiger partial charge in [-0.1, -0.05) is 35.2 Å². The third-order valence-corrected chi connectivity index (χ3v) is 5.83. The monoisotopic (exact) mass is 366 g/mol. The Morgan fingerprint density at radius 1 is 1.29 bits per heavy atom. The van der Waals surface area contributed by atoms with Gasteiger partial charge in [-0.25, -0.2) is 4.39 Å². The van der Waals surface area contributed by atoms with Crippen molar-refractivity contribution in [3.63, 3.8) is 0 Å². The van der Waals surface area contributed by atoms with Gasteiger partial charge in [0.1, 0.15) is 5.82 Å². The summed E-state index contributed by atoms with van der Waals surface area (Å²) in [6.07, 6.45) is 2.66. The van der Waals surface area contributed by atoms with Crippen molar-refractivity contribution in [2.24, 2.45) is 0 Å². The number of rotatable bonds is 8. The highest BCUT2D eigenvalue weighted by molar-refractivity contribution is 8.01. The van der Waals surface area contributed by atoms with Crippen molar-refractivity contribution >= 4 is 34.1 Å². The van der Waals surface area contributed by atoms with Crippen molar-refractivity contribution in [2.45, 2.75) is 30.1 Å². The van der Waals surface area contributed by atoms with Crippen molar-refractivity contribution in [3.8, 4) is 0 Å². The second kappa shape index (κ2) is 8.43. The minimum Gasteiger partial charge on any atom is -0.356 e. The van der Waals surface area contributed by atoms with Crippen LogP contribution < -0.4 is 5.32 Å². The highest BCUT2D eigenvalue weighted by Gasteiger charge is 2.19. The van der Waals surface area contributed by atoms with Gasteiger partial charge in [0.15, 0.2) is 4.34 Å². The van der Waals surface area contributed by atoms with Gasteiger partial charge in [0.2, 0.25) is 11.0 Å². The smallest absolute Gasteiger partial charge is 0.222 e. The first kappa shape index (κ1) is 17.2. The van der Waals surface area contributed by atoms with E-state index in [1.807, 2.05) is 4.90 Å². The van der Waals surface area contributed by atoms with Crippen molar-refractivity contribution < 1.29 is 9.18 Å². The average Bonchev–Trinajstić information content (AvgIpc) is 3.20. The van der Waals surface area contributed by atoms with Crippen LogP contribution in [-0.4, -0.2) is 39.8 Å². The Morgan fingerprint density at radius 3 is 2.88 bits per heavy atom. The summed E-state index contributed by atoms with van der Waals surface area (Å²) in [4.78, 5) is 13.5. The van der Waals surface area contributed by atoms with E-state index in [1.54, 1.807) is 23.9 Å². The van der Waals surface area contributed by atoms with E-state index in [0.717, 1.165) is 46.7 Å². The number of halogens is 1. The maximum atomic E-state index is 12.9. The van der Waals surface area contributed by atoms with Gasteiger partial charge in [-0.05, 0) is 30.5 Å². The lowest BCUT2D eigenvalue weighted by Crippen LogP contribution is -2.25. The molecule has 1 fully saturated rings. The maximum absolute atomic E-state index is 12.9. The van der Waals surface area contributed by atoms with Gasteiger partial charge in [0.05, 0.1) is 0 Å². The van der Waals surface area contributed by atoms with E-state index in [9.17, 15) is 9.18 Å². The first-order valence-corrected chi connectivity index (χ1v) is 9.73. The van der Waals surface area contributed by atoms with Gasteiger partial charge in [-0.3, -0.25) is 4.79 Å². The van der Waals surface area contributed by atoms with Gasteiger partial charge in [0.25, 0.3) is 0 Å². The molecule has 5 nitrogen and oxygen atoms in total. The third kappa shape index (κ3) is 4.91. The fraction of sp³-hybridized carbons (Fsp3) is 0.438. The van der Waals surface area contributed by atoms with Crippen LogP contribution in [0.3, 0.4) is 0 Å². The molecule has 0 aliphatic carbocycles. The van der Waals surface area contributed by atoms with Gasteiger partial charge < -0.3 is 10.2 Å². The molecule has 1 saturated heterocycles. The number of hydrogen-bond donors (Lipinski definition) is 1. The zero-order valence-corrected chi connectivity index (χ0v) is 14.8. The normalized spacial score (nSPS) is 14.4. The molecule has 2 aromatic rings. The van der Waals surface area contributed by atoms with E-state index in [2.05, 4.69) is 15.5 Å². The molecule has 128 valence electrons. The number of thioether (sulfide) groups is 1. The summed E-state index contributed by atoms with van der Waals surface area (Å²) in [6.45, 7) is 2.33. The number of nitrogens with one attached hydrogen (secondary N) is 1. The van der Waals surface area contributed by atoms with Gasteiger partial charge in [0, 0.05) is 31.8 Å². The number of anilines is 1. The maximum Gasteiger partial charge on any atom is 0.222 e. The van der Waals surface area contributed by atoms with Crippen molar-refractivity contribution in [1.29, 1.82) is 0 Å². The quantitative estimate of drug-likeness (QED) is 0.573. The third-order valence-electron chi connectivity index (χ3n) is 3.73. The van der Waals surface area contributed by atoms with Crippen LogP contribution in [-0.2, 0) is 11.3 Å². The molecule has 1 aliphatic rings. The lowest BCUT2D eigenvalue weighted by molar-refractivity contribution is -0.127. The first-order valence-electron chi connectivity index (χ1n) is 7.93. The number of benzene rings is 1. The van der Waals surface area contributed by atoms with Crippen LogP contribution in [0, 0.1) is 5.82 Å². The molecule has 2 heterocycles. The number of carbonyl (C=O) groups is 1. The Hall–Kier alpha value is -1.67. The van der Waals surface area contributed by atoms with E-state index >= 15 is 0 Å². The van der Waals surface area contributed by atoms with Crippen LogP contribution in [0.2, 0.25) is 0 Å². The number of hydrogen-bond acceptors (Lipinski definition) is 6. The first-order chi connectivity index (χ1) is 11.7. The van der Waals surface area contributed by atoms with Gasteiger partial charge in [-0.15, -0.1) is 10.2 Å². The highest BCUT2D eigenvalue weighted by Crippen LogP contribution is 2.26. The summed E-state index contributed by atoms with van der Waals surface area (Å²) in [7, 11) is 0. The molecular weight excluding hydrogens is 347 g/mol. The molecule has 0 bridgehead atoms. The number of carbonyl (C=O) groups excluding carboxylic acids is 1. The molecule has 0 radical (unpaired) electrons. The Bertz CT molecular complexity index is 677. The summed E-state index contributed by atoms with van der Waals surface area (Å²) in [5.41, 5.74) is 0.996. The number of likely N-dealkylation sites (tertiary alicyclic amines) is 1. The van der Waals surface area contributed by atoms with E-state index in [0.29, 0.717) is 13.0 Å². The molecule has 1 aromatic carbocycles. The average molecular weight is 366 g/mol. The summed E-state index contributed by atoms with van der Waals surface area (Å²) >= 11 is 3.18. The highest BCUT2D eigenvalue weighted by atomic mass is 32.2. The van der Waals surface area contributed by atoms with E-state index in [-0.39, 0.29) is 11.7 Å². The summed E-state index contributed by atoms with van der Waals surface area (Å²) < 4.78 is 13.8. The Kier molecular flexibility index (Phi) is 6.03. The molecule has 0 spiro atoms. The van der Waals surface area contributed by atoms with Crippen LogP contribution in [0.4, 0.5) is 9.52 Å². The zero-order chi connectivity index (χ0) is 16.8. The van der Waals surface area contributed by atoms with Gasteiger partial charge in [-0.2, -0.15) is 0 Å². The van der Waals surface area contributed by atoms with Crippen molar-refractivity contribution in [2.75, 3.05) is 24.2 Å². The van der Waals surface area contributed by atoms with Crippen molar-refractivity contribution in [3.05, 3.63) is 35.6 Å². The minimum atomic E-state index is -0.232. The van der Waals surface area contributed by atoms with Crippen LogP contribution >= 0.6 is 23.1 Å². The number of nitrogens with zero attached hydrogens (tertiary/aromatic N) is 3. The predicted molar refractivity (Wildman–Crippen MR) is 94.8 cm³/mol. The Balaban J connectivity index is 1.37. The van der Waals surface area contributed by atoms with Crippen LogP contribution in [0.5, 0.6) is 0 Å². The summed E-state index contributed by atoms with van der Waals surface area (Å²) in [6, 6.07) is 6.39. The second-order valence-electron chi connectivity index (χ2n) is 5.54. The largest absolute Gasteiger partial charge is 0.356 e. The molecule has 1 aliphatic heterocycles. The van der Waals surface area contributed by atoms with Crippen molar-refractivity contribution in [1.82, 2.24) is 15.1 Å². The molecule has 1 N–H and O–H groups in total. The van der Waals surface area contributed by atoms with Crippen LogP contribution in [0.25, 0.3) is 0 Å². The van der Waals surface area contributed by atoms with Gasteiger partial charge >= 0.3 is 0 Å². The summed E-state index contributed by atoms with van der Waals surface area (Å²) in [5.74, 6) is 0.975. The lowest BCUT2D eigenvalue weighted by Gasteiger charge is -2.14. The van der Waals surface area contributed by atoms with E-state index in [4.69, 9.17) is 0 Å². The second-order valence-corrected chi connectivity index (χ2v) is 7.86. The molecule has 0 atom stereocenters. The molecule has 0 unspecified atom stereocenters. The molecule has 24 heavy (non-hydrogen) atoms. The van der Waals surface area contributed by atoms with E-state index in [1.165, 1.54) is 23.5 Å². The molecule has 3 rings (SSSR count). The zero-order valence-electron chi connectivity index (χ0n) is 13.2. The number of amides is 1. The Labute approximate surface area is 148 Å². The topological polar surface area (TPSA) is 58.1 Å². The lowest BCUT2D eigenvalue weighted by atomic mass is 10.2. The molecule has 8 heteroatoms. The van der Waals surface area contributed by atoms with Crippen LogP contribution in [0.1, 0.15) is 24.8 Å². The molecule has 0 saturated carbocycles. The van der Waals surface area contributed by atoms with E-state index < -0.39 is 0 Å². The molecule has 1 amide bonds. The molecule has 1 aromatic heterocycles. The number of aromatic nitrogens is 2.